The minimum Gasteiger partial charge on any atom is -0.371 e. The molecular formula is C14H19NO. The van der Waals surface area contributed by atoms with Gasteiger partial charge in [-0.3, -0.25) is 0 Å². The van der Waals surface area contributed by atoms with Crippen LogP contribution < -0.4 is 5.73 Å². The van der Waals surface area contributed by atoms with Gasteiger partial charge < -0.3 is 10.5 Å². The Labute approximate surface area is 96.8 Å². The summed E-state index contributed by atoms with van der Waals surface area (Å²) < 4.78 is 5.87. The molecule has 16 heavy (non-hydrogen) atoms. The number of hydrogen-bond acceptors (Lipinski definition) is 2. The Morgan fingerprint density at radius 3 is 2.56 bits per heavy atom. The summed E-state index contributed by atoms with van der Waals surface area (Å²) in [5, 5.41) is 0. The molecule has 1 aromatic carbocycles. The number of ether oxygens (including phenoxy) is 1. The van der Waals surface area contributed by atoms with Gasteiger partial charge >= 0.3 is 0 Å². The quantitative estimate of drug-likeness (QED) is 0.826. The number of nitrogens with two attached hydrogens (primary N) is 1. The summed E-state index contributed by atoms with van der Waals surface area (Å²) in [6.45, 7) is 3.07. The Morgan fingerprint density at radius 1 is 1.19 bits per heavy atom. The highest BCUT2D eigenvalue weighted by atomic mass is 16.5. The van der Waals surface area contributed by atoms with Crippen LogP contribution in [-0.2, 0) is 15.9 Å². The zero-order valence-corrected chi connectivity index (χ0v) is 9.83. The molecule has 1 heterocycles. The second-order valence-electron chi connectivity index (χ2n) is 5.42. The highest BCUT2D eigenvalue weighted by Crippen LogP contribution is 2.44. The van der Waals surface area contributed by atoms with Gasteiger partial charge in [-0.1, -0.05) is 24.3 Å². The first-order valence-corrected chi connectivity index (χ1v) is 6.16. The summed E-state index contributed by atoms with van der Waals surface area (Å²) in [7, 11) is 0. The Hall–Kier alpha value is -0.860. The van der Waals surface area contributed by atoms with Gasteiger partial charge in [0.25, 0.3) is 0 Å². The molecule has 2 heteroatoms. The number of rotatable bonds is 2. The second kappa shape index (κ2) is 3.31. The average Bonchev–Trinajstić information content (AvgIpc) is 2.89. The molecule has 1 saturated carbocycles. The normalized spacial score (nSPS) is 31.6. The molecule has 3 rings (SSSR count). The first kappa shape index (κ1) is 10.3. The van der Waals surface area contributed by atoms with Gasteiger partial charge in [-0.25, -0.2) is 0 Å². The molecule has 0 spiro atoms. The molecule has 1 aromatic rings. The maximum absolute atomic E-state index is 6.24. The van der Waals surface area contributed by atoms with Crippen LogP contribution in [-0.4, -0.2) is 6.61 Å². The molecule has 0 bridgehead atoms. The summed E-state index contributed by atoms with van der Waals surface area (Å²) in [5.74, 6) is 0. The third-order valence-corrected chi connectivity index (χ3v) is 4.06. The van der Waals surface area contributed by atoms with E-state index >= 15 is 0 Å². The maximum Gasteiger partial charge on any atom is 0.0904 e. The molecule has 1 aliphatic heterocycles. The summed E-state index contributed by atoms with van der Waals surface area (Å²) in [6, 6.07) is 8.68. The molecule has 0 amide bonds. The minimum atomic E-state index is -0.0821. The fourth-order valence-corrected chi connectivity index (χ4v) is 2.59. The van der Waals surface area contributed by atoms with Gasteiger partial charge in [-0.05, 0) is 43.7 Å². The van der Waals surface area contributed by atoms with Crippen LogP contribution in [0.1, 0.15) is 43.7 Å². The first-order chi connectivity index (χ1) is 7.62. The van der Waals surface area contributed by atoms with Crippen molar-refractivity contribution in [3.63, 3.8) is 0 Å². The van der Waals surface area contributed by atoms with Crippen LogP contribution in [0.2, 0.25) is 0 Å². The predicted molar refractivity (Wildman–Crippen MR) is 64.1 cm³/mol. The largest absolute Gasteiger partial charge is 0.371 e. The van der Waals surface area contributed by atoms with Crippen molar-refractivity contribution in [3.8, 4) is 0 Å². The second-order valence-corrected chi connectivity index (χ2v) is 5.42. The molecule has 0 radical (unpaired) electrons. The summed E-state index contributed by atoms with van der Waals surface area (Å²) in [4.78, 5) is 0. The van der Waals surface area contributed by atoms with Crippen molar-refractivity contribution in [2.24, 2.45) is 5.73 Å². The Kier molecular flexibility index (Phi) is 2.13. The average molecular weight is 217 g/mol. The van der Waals surface area contributed by atoms with E-state index in [0.29, 0.717) is 0 Å². The molecule has 2 fully saturated rings. The lowest BCUT2D eigenvalue weighted by Crippen LogP contribution is -2.23. The van der Waals surface area contributed by atoms with E-state index in [1.807, 2.05) is 0 Å². The van der Waals surface area contributed by atoms with E-state index in [1.54, 1.807) is 0 Å². The van der Waals surface area contributed by atoms with Gasteiger partial charge in [0.1, 0.15) is 0 Å². The van der Waals surface area contributed by atoms with E-state index < -0.39 is 0 Å². The lowest BCUT2D eigenvalue weighted by atomic mass is 9.90. The predicted octanol–water partition coefficient (Wildman–Crippen LogP) is 2.66. The Morgan fingerprint density at radius 2 is 1.94 bits per heavy atom. The molecule has 1 atom stereocenters. The van der Waals surface area contributed by atoms with E-state index in [1.165, 1.54) is 11.1 Å². The molecule has 0 aromatic heterocycles. The van der Waals surface area contributed by atoms with Gasteiger partial charge in [0, 0.05) is 12.1 Å². The van der Waals surface area contributed by atoms with Crippen LogP contribution in [0.25, 0.3) is 0 Å². The molecule has 1 aliphatic carbocycles. The molecule has 2 N–H and O–H groups in total. The van der Waals surface area contributed by atoms with E-state index in [9.17, 15) is 0 Å². The van der Waals surface area contributed by atoms with Crippen molar-refractivity contribution >= 4 is 0 Å². The van der Waals surface area contributed by atoms with Crippen molar-refractivity contribution < 1.29 is 4.74 Å². The van der Waals surface area contributed by atoms with E-state index in [4.69, 9.17) is 10.5 Å². The fraction of sp³-hybridized carbons (Fsp3) is 0.571. The standard InChI is InChI=1S/C14H19NO/c1-13(6-3-9-16-13)11-4-2-5-12(10-11)14(15)7-8-14/h2,4-5,10H,3,6-9,15H2,1H3. The topological polar surface area (TPSA) is 35.2 Å². The van der Waals surface area contributed by atoms with E-state index in [2.05, 4.69) is 31.2 Å². The minimum absolute atomic E-state index is 0.0367. The number of hydrogen-bond donors (Lipinski definition) is 1. The summed E-state index contributed by atoms with van der Waals surface area (Å²) >= 11 is 0. The lowest BCUT2D eigenvalue weighted by Gasteiger charge is -2.25. The zero-order chi connectivity index (χ0) is 11.2. The third kappa shape index (κ3) is 1.57. The smallest absolute Gasteiger partial charge is 0.0904 e. The van der Waals surface area contributed by atoms with Gasteiger partial charge in [0.2, 0.25) is 0 Å². The van der Waals surface area contributed by atoms with Crippen LogP contribution in [0.5, 0.6) is 0 Å². The van der Waals surface area contributed by atoms with E-state index in [-0.39, 0.29) is 11.1 Å². The lowest BCUT2D eigenvalue weighted by molar-refractivity contribution is 0.0167. The van der Waals surface area contributed by atoms with Crippen LogP contribution in [0, 0.1) is 0 Å². The van der Waals surface area contributed by atoms with Crippen LogP contribution in [0.15, 0.2) is 24.3 Å². The van der Waals surface area contributed by atoms with Gasteiger partial charge in [0.05, 0.1) is 5.60 Å². The molecule has 2 nitrogen and oxygen atoms in total. The molecular weight excluding hydrogens is 198 g/mol. The van der Waals surface area contributed by atoms with Gasteiger partial charge in [-0.15, -0.1) is 0 Å². The van der Waals surface area contributed by atoms with Crippen LogP contribution >= 0.6 is 0 Å². The first-order valence-electron chi connectivity index (χ1n) is 6.16. The summed E-state index contributed by atoms with van der Waals surface area (Å²) in [5.41, 5.74) is 8.69. The SMILES string of the molecule is CC1(c2cccc(C3(N)CC3)c2)CCCO1. The zero-order valence-electron chi connectivity index (χ0n) is 9.83. The van der Waals surface area contributed by atoms with Gasteiger partial charge in [-0.2, -0.15) is 0 Å². The third-order valence-electron chi connectivity index (χ3n) is 4.06. The van der Waals surface area contributed by atoms with Crippen LogP contribution in [0.3, 0.4) is 0 Å². The monoisotopic (exact) mass is 217 g/mol. The fourth-order valence-electron chi connectivity index (χ4n) is 2.59. The van der Waals surface area contributed by atoms with Gasteiger partial charge in [0.15, 0.2) is 0 Å². The maximum atomic E-state index is 6.24. The molecule has 86 valence electrons. The van der Waals surface area contributed by atoms with Crippen molar-refractivity contribution in [2.45, 2.75) is 43.7 Å². The highest BCUT2D eigenvalue weighted by Gasteiger charge is 2.41. The van der Waals surface area contributed by atoms with E-state index in [0.717, 1.165) is 32.3 Å². The van der Waals surface area contributed by atoms with Crippen molar-refractivity contribution in [1.82, 2.24) is 0 Å². The molecule has 2 aliphatic rings. The summed E-state index contributed by atoms with van der Waals surface area (Å²) in [6.07, 6.45) is 4.52. The van der Waals surface area contributed by atoms with Crippen LogP contribution in [0.4, 0.5) is 0 Å². The Balaban J connectivity index is 1.96. The van der Waals surface area contributed by atoms with Crippen molar-refractivity contribution in [2.75, 3.05) is 6.61 Å². The highest BCUT2D eigenvalue weighted by molar-refractivity contribution is 5.35. The molecule has 1 saturated heterocycles. The molecule has 1 unspecified atom stereocenters. The van der Waals surface area contributed by atoms with Crippen molar-refractivity contribution in [1.29, 1.82) is 0 Å². The van der Waals surface area contributed by atoms with Crippen molar-refractivity contribution in [3.05, 3.63) is 35.4 Å². The number of benzene rings is 1. The Bertz CT molecular complexity index is 403.